The van der Waals surface area contributed by atoms with Gasteiger partial charge in [0.15, 0.2) is 0 Å². The molecule has 0 heterocycles. The maximum absolute atomic E-state index is 6.26. The van der Waals surface area contributed by atoms with E-state index < -0.39 is 0 Å². The van der Waals surface area contributed by atoms with Crippen LogP contribution in [0.25, 0.3) is 0 Å². The fourth-order valence-electron chi connectivity index (χ4n) is 2.16. The van der Waals surface area contributed by atoms with Crippen molar-refractivity contribution in [2.75, 3.05) is 5.75 Å². The van der Waals surface area contributed by atoms with Crippen LogP contribution < -0.4 is 5.73 Å². The summed E-state index contributed by atoms with van der Waals surface area (Å²) in [6, 6.07) is 17.4. The first-order valence-electron chi connectivity index (χ1n) is 7.27. The molecule has 3 heteroatoms. The summed E-state index contributed by atoms with van der Waals surface area (Å²) >= 11 is 5.31. The van der Waals surface area contributed by atoms with Crippen LogP contribution in [0.5, 0.6) is 0 Å². The lowest BCUT2D eigenvalue weighted by atomic mass is 10.00. The number of hydrogen-bond acceptors (Lipinski definition) is 2. The Kier molecular flexibility index (Phi) is 6.34. The molecule has 1 unspecified atom stereocenters. The second kappa shape index (κ2) is 8.02. The summed E-state index contributed by atoms with van der Waals surface area (Å²) in [6.07, 6.45) is 0.930. The zero-order valence-electron chi connectivity index (χ0n) is 12.6. The van der Waals surface area contributed by atoms with Gasteiger partial charge in [0.2, 0.25) is 0 Å². The second-order valence-electron chi connectivity index (χ2n) is 5.63. The molecule has 0 radical (unpaired) electrons. The topological polar surface area (TPSA) is 26.0 Å². The zero-order valence-corrected chi connectivity index (χ0v) is 15.0. The van der Waals surface area contributed by atoms with Crippen LogP contribution >= 0.6 is 27.7 Å². The van der Waals surface area contributed by atoms with Gasteiger partial charge in [-0.3, -0.25) is 0 Å². The maximum atomic E-state index is 6.26. The fourth-order valence-corrected chi connectivity index (χ4v) is 3.62. The number of thioether (sulfide) groups is 1. The number of nitrogens with two attached hydrogens (primary N) is 1. The average Bonchev–Trinajstić information content (AvgIpc) is 2.46. The minimum Gasteiger partial charge on any atom is -0.327 e. The molecule has 2 N–H and O–H groups in total. The Morgan fingerprint density at radius 1 is 1.10 bits per heavy atom. The molecule has 0 bridgehead atoms. The van der Waals surface area contributed by atoms with Crippen LogP contribution in [0, 0.1) is 0 Å². The Morgan fingerprint density at radius 3 is 2.43 bits per heavy atom. The SMILES string of the molecule is CC(C)c1ccc(CC(N)CSc2cccc(Br)c2)cc1. The van der Waals surface area contributed by atoms with Gasteiger partial charge in [-0.2, -0.15) is 0 Å². The van der Waals surface area contributed by atoms with Gasteiger partial charge in [-0.1, -0.05) is 60.1 Å². The monoisotopic (exact) mass is 363 g/mol. The number of rotatable bonds is 6. The Hall–Kier alpha value is -0.770. The van der Waals surface area contributed by atoms with Crippen LogP contribution in [0.1, 0.15) is 30.9 Å². The van der Waals surface area contributed by atoms with E-state index in [0.29, 0.717) is 5.92 Å². The van der Waals surface area contributed by atoms with E-state index in [1.165, 1.54) is 16.0 Å². The Morgan fingerprint density at radius 2 is 1.81 bits per heavy atom. The largest absolute Gasteiger partial charge is 0.327 e. The molecule has 0 fully saturated rings. The quantitative estimate of drug-likeness (QED) is 0.710. The molecule has 112 valence electrons. The third kappa shape index (κ3) is 5.50. The highest BCUT2D eigenvalue weighted by atomic mass is 79.9. The summed E-state index contributed by atoms with van der Waals surface area (Å²) in [5, 5.41) is 0. The maximum Gasteiger partial charge on any atom is 0.0186 e. The smallest absolute Gasteiger partial charge is 0.0186 e. The first-order chi connectivity index (χ1) is 10.0. The van der Waals surface area contributed by atoms with Crippen LogP contribution in [-0.2, 0) is 6.42 Å². The van der Waals surface area contributed by atoms with Crippen molar-refractivity contribution in [2.24, 2.45) is 5.73 Å². The van der Waals surface area contributed by atoms with Gasteiger partial charge in [-0.05, 0) is 41.7 Å². The molecule has 1 nitrogen and oxygen atoms in total. The first-order valence-corrected chi connectivity index (χ1v) is 9.05. The van der Waals surface area contributed by atoms with Gasteiger partial charge >= 0.3 is 0 Å². The summed E-state index contributed by atoms with van der Waals surface area (Å²) in [4.78, 5) is 1.26. The van der Waals surface area contributed by atoms with Crippen molar-refractivity contribution in [2.45, 2.75) is 37.1 Å². The highest BCUT2D eigenvalue weighted by Crippen LogP contribution is 2.23. The predicted octanol–water partition coefficient (Wildman–Crippen LogP) is 5.23. The van der Waals surface area contributed by atoms with Crippen molar-refractivity contribution in [3.8, 4) is 0 Å². The predicted molar refractivity (Wildman–Crippen MR) is 97.1 cm³/mol. The molecule has 0 aromatic heterocycles. The number of hydrogen-bond donors (Lipinski definition) is 1. The van der Waals surface area contributed by atoms with Crippen molar-refractivity contribution in [3.05, 3.63) is 64.1 Å². The molecular formula is C18H22BrNS. The van der Waals surface area contributed by atoms with Crippen molar-refractivity contribution < 1.29 is 0 Å². The van der Waals surface area contributed by atoms with Gasteiger partial charge in [0.1, 0.15) is 0 Å². The van der Waals surface area contributed by atoms with E-state index in [1.807, 2.05) is 17.8 Å². The van der Waals surface area contributed by atoms with Gasteiger partial charge in [0.05, 0.1) is 0 Å². The molecule has 0 spiro atoms. The second-order valence-corrected chi connectivity index (χ2v) is 7.64. The lowest BCUT2D eigenvalue weighted by molar-refractivity contribution is 0.747. The highest BCUT2D eigenvalue weighted by molar-refractivity contribution is 9.10. The standard InChI is InChI=1S/C18H22BrNS/c1-13(2)15-8-6-14(7-9-15)10-17(20)12-21-18-5-3-4-16(19)11-18/h3-9,11,13,17H,10,12,20H2,1-2H3. The molecule has 0 saturated carbocycles. The van der Waals surface area contributed by atoms with Gasteiger partial charge in [-0.15, -0.1) is 11.8 Å². The fraction of sp³-hybridized carbons (Fsp3) is 0.333. The van der Waals surface area contributed by atoms with E-state index in [-0.39, 0.29) is 6.04 Å². The van der Waals surface area contributed by atoms with E-state index in [1.54, 1.807) is 0 Å². The Balaban J connectivity index is 1.85. The van der Waals surface area contributed by atoms with E-state index in [0.717, 1.165) is 16.6 Å². The zero-order chi connectivity index (χ0) is 15.2. The molecule has 1 atom stereocenters. The summed E-state index contributed by atoms with van der Waals surface area (Å²) in [5.41, 5.74) is 8.96. The average molecular weight is 364 g/mol. The van der Waals surface area contributed by atoms with Crippen LogP contribution in [0.4, 0.5) is 0 Å². The van der Waals surface area contributed by atoms with Crippen molar-refractivity contribution in [1.29, 1.82) is 0 Å². The summed E-state index contributed by atoms with van der Waals surface area (Å²) in [5.74, 6) is 1.52. The molecular weight excluding hydrogens is 342 g/mol. The normalized spacial score (nSPS) is 12.6. The van der Waals surface area contributed by atoms with Crippen LogP contribution in [0.2, 0.25) is 0 Å². The van der Waals surface area contributed by atoms with Crippen molar-refractivity contribution >= 4 is 27.7 Å². The molecule has 0 aliphatic rings. The molecule has 0 aliphatic carbocycles. The Bertz CT molecular complexity index is 566. The minimum atomic E-state index is 0.180. The highest BCUT2D eigenvalue weighted by Gasteiger charge is 2.06. The van der Waals surface area contributed by atoms with Crippen molar-refractivity contribution in [1.82, 2.24) is 0 Å². The van der Waals surface area contributed by atoms with Gasteiger partial charge < -0.3 is 5.73 Å². The summed E-state index contributed by atoms with van der Waals surface area (Å²) in [6.45, 7) is 4.44. The number of halogens is 1. The summed E-state index contributed by atoms with van der Waals surface area (Å²) in [7, 11) is 0. The Labute approximate surface area is 140 Å². The van der Waals surface area contributed by atoms with E-state index >= 15 is 0 Å². The molecule has 2 rings (SSSR count). The third-order valence-electron chi connectivity index (χ3n) is 3.40. The van der Waals surface area contributed by atoms with Crippen LogP contribution in [0.15, 0.2) is 57.9 Å². The molecule has 0 saturated heterocycles. The third-order valence-corrected chi connectivity index (χ3v) is 5.08. The minimum absolute atomic E-state index is 0.180. The van der Waals surface area contributed by atoms with Crippen LogP contribution in [0.3, 0.4) is 0 Å². The summed E-state index contributed by atoms with van der Waals surface area (Å²) < 4.78 is 1.12. The molecule has 2 aromatic carbocycles. The lowest BCUT2D eigenvalue weighted by Crippen LogP contribution is -2.25. The van der Waals surface area contributed by atoms with E-state index in [2.05, 4.69) is 72.2 Å². The number of benzene rings is 2. The van der Waals surface area contributed by atoms with Crippen molar-refractivity contribution in [3.63, 3.8) is 0 Å². The molecule has 0 aliphatic heterocycles. The molecule has 21 heavy (non-hydrogen) atoms. The molecule has 2 aromatic rings. The van der Waals surface area contributed by atoms with Gasteiger partial charge in [0, 0.05) is 21.2 Å². The van der Waals surface area contributed by atoms with E-state index in [4.69, 9.17) is 5.73 Å². The van der Waals surface area contributed by atoms with E-state index in [9.17, 15) is 0 Å². The lowest BCUT2D eigenvalue weighted by Gasteiger charge is -2.12. The molecule has 0 amide bonds. The van der Waals surface area contributed by atoms with Gasteiger partial charge in [0.25, 0.3) is 0 Å². The van der Waals surface area contributed by atoms with Crippen LogP contribution in [-0.4, -0.2) is 11.8 Å². The van der Waals surface area contributed by atoms with Gasteiger partial charge in [-0.25, -0.2) is 0 Å². The first kappa shape index (κ1) is 16.6.